The minimum Gasteiger partial charge on any atom is -0.748 e. The third-order valence-electron chi connectivity index (χ3n) is 5.62. The molecule has 0 saturated heterocycles. The summed E-state index contributed by atoms with van der Waals surface area (Å²) in [6, 6.07) is 6.17. The molecule has 0 aliphatic heterocycles. The summed E-state index contributed by atoms with van der Waals surface area (Å²) in [7, 11) is -4.35. The third-order valence-corrected chi connectivity index (χ3v) is 6.41. The second kappa shape index (κ2) is 21.2. The molecule has 0 fully saturated rings. The average Bonchev–Trinajstić information content (AvgIpc) is 2.81. The average molecular weight is 521 g/mol. The smallest absolute Gasteiger partial charge is 0.748 e. The Morgan fingerprint density at radius 2 is 1.06 bits per heavy atom. The molecular formula is C26H41NaO7S. The Labute approximate surface area is 233 Å². The van der Waals surface area contributed by atoms with Crippen molar-refractivity contribution in [1.29, 1.82) is 0 Å². The van der Waals surface area contributed by atoms with Crippen molar-refractivity contribution in [2.24, 2.45) is 0 Å². The maximum atomic E-state index is 12.4. The van der Waals surface area contributed by atoms with Crippen LogP contribution in [0, 0.1) is 0 Å². The van der Waals surface area contributed by atoms with Gasteiger partial charge in [-0.25, -0.2) is 18.0 Å². The standard InChI is InChI=1S/C26H42O7S.Na/c1-2-3-4-5-6-7-8-9-10-11-12-13-16-20-32-25(27)23-18-14-15-19-24(23)26(28)33-21-17-22-34(29,30)31;/h14-15,18-19H,2-13,16-17,20-22H2,1H3,(H,29,30,31);/q;+1/p-1. The predicted molar refractivity (Wildman–Crippen MR) is 132 cm³/mol. The molecule has 0 aromatic heterocycles. The predicted octanol–water partition coefficient (Wildman–Crippen LogP) is 3.03. The third kappa shape index (κ3) is 18.0. The van der Waals surface area contributed by atoms with Gasteiger partial charge in [-0.15, -0.1) is 0 Å². The molecule has 0 aliphatic rings. The molecule has 0 radical (unpaired) electrons. The number of rotatable bonds is 20. The minimum absolute atomic E-state index is 0. The van der Waals surface area contributed by atoms with Crippen molar-refractivity contribution in [2.75, 3.05) is 19.0 Å². The Balaban J connectivity index is 0.0000116. The van der Waals surface area contributed by atoms with Gasteiger partial charge < -0.3 is 14.0 Å². The van der Waals surface area contributed by atoms with Crippen LogP contribution in [0.3, 0.4) is 0 Å². The van der Waals surface area contributed by atoms with Gasteiger partial charge in [-0.1, -0.05) is 96.1 Å². The Morgan fingerprint density at radius 1 is 0.686 bits per heavy atom. The van der Waals surface area contributed by atoms with Crippen LogP contribution in [0.5, 0.6) is 0 Å². The molecule has 0 bridgehead atoms. The van der Waals surface area contributed by atoms with Gasteiger partial charge in [-0.2, -0.15) is 0 Å². The number of hydrogen-bond acceptors (Lipinski definition) is 7. The van der Waals surface area contributed by atoms with E-state index in [1.54, 1.807) is 12.1 Å². The molecule has 194 valence electrons. The second-order valence-electron chi connectivity index (χ2n) is 8.68. The summed E-state index contributed by atoms with van der Waals surface area (Å²) >= 11 is 0. The van der Waals surface area contributed by atoms with E-state index in [-0.39, 0.29) is 53.7 Å². The van der Waals surface area contributed by atoms with Crippen molar-refractivity contribution >= 4 is 22.1 Å². The Morgan fingerprint density at radius 3 is 1.46 bits per heavy atom. The van der Waals surface area contributed by atoms with Crippen LogP contribution in [0.4, 0.5) is 0 Å². The van der Waals surface area contributed by atoms with Crippen LogP contribution in [-0.2, 0) is 19.6 Å². The van der Waals surface area contributed by atoms with Crippen LogP contribution in [0.25, 0.3) is 0 Å². The normalized spacial score (nSPS) is 11.0. The van der Waals surface area contributed by atoms with E-state index in [2.05, 4.69) is 6.92 Å². The van der Waals surface area contributed by atoms with Gasteiger partial charge in [0.25, 0.3) is 0 Å². The first-order valence-corrected chi connectivity index (χ1v) is 14.3. The zero-order chi connectivity index (χ0) is 25.1. The summed E-state index contributed by atoms with van der Waals surface area (Å²) in [5, 5.41) is 0. The quantitative estimate of drug-likeness (QED) is 0.112. The van der Waals surface area contributed by atoms with Gasteiger partial charge in [0, 0.05) is 5.75 Å². The minimum atomic E-state index is -4.35. The molecule has 7 nitrogen and oxygen atoms in total. The van der Waals surface area contributed by atoms with Gasteiger partial charge in [0.05, 0.1) is 34.5 Å². The summed E-state index contributed by atoms with van der Waals surface area (Å²) in [6.07, 6.45) is 16.0. The summed E-state index contributed by atoms with van der Waals surface area (Å²) in [4.78, 5) is 24.6. The van der Waals surface area contributed by atoms with E-state index in [9.17, 15) is 22.6 Å². The Hall–Kier alpha value is -0.930. The molecule has 0 atom stereocenters. The molecule has 1 rings (SSSR count). The van der Waals surface area contributed by atoms with Crippen LogP contribution >= 0.6 is 0 Å². The molecule has 0 aliphatic carbocycles. The maximum absolute atomic E-state index is 12.4. The second-order valence-corrected chi connectivity index (χ2v) is 10.2. The first-order chi connectivity index (χ1) is 16.3. The van der Waals surface area contributed by atoms with Crippen LogP contribution in [-0.4, -0.2) is 43.9 Å². The topological polar surface area (TPSA) is 110 Å². The first-order valence-electron chi connectivity index (χ1n) is 12.7. The van der Waals surface area contributed by atoms with E-state index in [0.29, 0.717) is 6.61 Å². The molecule has 1 aromatic rings. The van der Waals surface area contributed by atoms with Crippen molar-refractivity contribution in [3.05, 3.63) is 35.4 Å². The molecule has 0 heterocycles. The Kier molecular flexibility index (Phi) is 20.6. The summed E-state index contributed by atoms with van der Waals surface area (Å²) in [5.41, 5.74) is 0.168. The van der Waals surface area contributed by atoms with E-state index in [1.165, 1.54) is 76.3 Å². The van der Waals surface area contributed by atoms with Crippen molar-refractivity contribution in [3.8, 4) is 0 Å². The fourth-order valence-corrected chi connectivity index (χ4v) is 4.15. The number of hydrogen-bond donors (Lipinski definition) is 0. The molecule has 0 unspecified atom stereocenters. The molecule has 0 N–H and O–H groups in total. The zero-order valence-corrected chi connectivity index (χ0v) is 24.4. The van der Waals surface area contributed by atoms with E-state index in [1.807, 2.05) is 0 Å². The fraction of sp³-hybridized carbons (Fsp3) is 0.692. The van der Waals surface area contributed by atoms with E-state index < -0.39 is 27.8 Å². The zero-order valence-electron chi connectivity index (χ0n) is 21.6. The van der Waals surface area contributed by atoms with Gasteiger partial charge in [-0.05, 0) is 25.0 Å². The van der Waals surface area contributed by atoms with Gasteiger partial charge in [-0.3, -0.25) is 0 Å². The van der Waals surface area contributed by atoms with Gasteiger partial charge in [0.15, 0.2) is 0 Å². The van der Waals surface area contributed by atoms with Crippen LogP contribution in [0.15, 0.2) is 24.3 Å². The summed E-state index contributed by atoms with van der Waals surface area (Å²) in [6.45, 7) is 2.31. The maximum Gasteiger partial charge on any atom is 1.00 e. The SMILES string of the molecule is CCCCCCCCCCCCCCCOC(=O)c1ccccc1C(=O)OCCCS(=O)(=O)[O-].[Na+]. The fourth-order valence-electron chi connectivity index (χ4n) is 3.68. The van der Waals surface area contributed by atoms with Crippen LogP contribution in [0.2, 0.25) is 0 Å². The number of carbonyl (C=O) groups excluding carboxylic acids is 2. The summed E-state index contributed by atoms with van der Waals surface area (Å²) in [5.74, 6) is -1.95. The molecule has 0 saturated carbocycles. The van der Waals surface area contributed by atoms with Crippen LogP contribution < -0.4 is 29.6 Å². The molecule has 1 aromatic carbocycles. The molecule has 0 amide bonds. The van der Waals surface area contributed by atoms with E-state index >= 15 is 0 Å². The van der Waals surface area contributed by atoms with E-state index in [4.69, 9.17) is 9.47 Å². The summed E-state index contributed by atoms with van der Waals surface area (Å²) < 4.78 is 42.1. The number of esters is 2. The van der Waals surface area contributed by atoms with Crippen molar-refractivity contribution in [1.82, 2.24) is 0 Å². The van der Waals surface area contributed by atoms with Gasteiger partial charge in [0.2, 0.25) is 0 Å². The first kappa shape index (κ1) is 34.1. The van der Waals surface area contributed by atoms with Crippen molar-refractivity contribution in [3.63, 3.8) is 0 Å². The molecule has 9 heteroatoms. The number of benzene rings is 1. The number of carbonyl (C=O) groups is 2. The van der Waals surface area contributed by atoms with Crippen molar-refractivity contribution in [2.45, 2.75) is 96.8 Å². The number of ether oxygens (including phenoxy) is 2. The van der Waals surface area contributed by atoms with Gasteiger partial charge in [0.1, 0.15) is 0 Å². The largest absolute Gasteiger partial charge is 1.00 e. The molecule has 0 spiro atoms. The van der Waals surface area contributed by atoms with Crippen LogP contribution in [0.1, 0.15) is 118 Å². The molecule has 35 heavy (non-hydrogen) atoms. The van der Waals surface area contributed by atoms with Gasteiger partial charge >= 0.3 is 41.5 Å². The van der Waals surface area contributed by atoms with Crippen molar-refractivity contribution < 1.29 is 61.6 Å². The van der Waals surface area contributed by atoms with E-state index in [0.717, 1.165) is 19.3 Å². The molecular weight excluding hydrogens is 479 g/mol. The number of unbranched alkanes of at least 4 members (excludes halogenated alkanes) is 12. The monoisotopic (exact) mass is 520 g/mol. The Bertz CT molecular complexity index is 812.